The predicted molar refractivity (Wildman–Crippen MR) is 86.4 cm³/mol. The van der Waals surface area contributed by atoms with Crippen molar-refractivity contribution in [1.82, 2.24) is 20.3 Å². The van der Waals surface area contributed by atoms with E-state index in [1.165, 1.54) is 0 Å². The summed E-state index contributed by atoms with van der Waals surface area (Å²) in [6.45, 7) is 3.25. The molecule has 122 valence electrons. The molecule has 0 bridgehead atoms. The highest BCUT2D eigenvalue weighted by molar-refractivity contribution is 5.93. The molecule has 3 heterocycles. The molecule has 7 heteroatoms. The first-order valence-corrected chi connectivity index (χ1v) is 7.66. The second kappa shape index (κ2) is 6.78. The van der Waals surface area contributed by atoms with Crippen molar-refractivity contribution < 1.29 is 9.53 Å². The van der Waals surface area contributed by atoms with Gasteiger partial charge in [-0.2, -0.15) is 0 Å². The van der Waals surface area contributed by atoms with E-state index < -0.39 is 0 Å². The Morgan fingerprint density at radius 1 is 1.52 bits per heavy atom. The molecule has 1 amide bonds. The van der Waals surface area contributed by atoms with Crippen LogP contribution in [0.25, 0.3) is 0 Å². The van der Waals surface area contributed by atoms with Crippen molar-refractivity contribution in [2.75, 3.05) is 25.1 Å². The molecule has 1 aliphatic rings. The van der Waals surface area contributed by atoms with Gasteiger partial charge in [0, 0.05) is 44.4 Å². The van der Waals surface area contributed by atoms with E-state index in [4.69, 9.17) is 4.74 Å². The molecule has 1 fully saturated rings. The zero-order chi connectivity index (χ0) is 16.2. The summed E-state index contributed by atoms with van der Waals surface area (Å²) in [7, 11) is 1.72. The van der Waals surface area contributed by atoms with Crippen molar-refractivity contribution in [1.29, 1.82) is 0 Å². The lowest BCUT2D eigenvalue weighted by molar-refractivity contribution is 0.0946. The molecule has 2 aromatic rings. The number of amides is 1. The fraction of sp³-hybridized carbons (Fsp3) is 0.438. The molecule has 2 N–H and O–H groups in total. The average Bonchev–Trinajstić information content (AvgIpc) is 3.22. The van der Waals surface area contributed by atoms with E-state index in [1.54, 1.807) is 31.9 Å². The first kappa shape index (κ1) is 15.5. The van der Waals surface area contributed by atoms with Crippen LogP contribution in [0.4, 0.5) is 5.82 Å². The van der Waals surface area contributed by atoms with Crippen molar-refractivity contribution in [2.45, 2.75) is 25.5 Å². The van der Waals surface area contributed by atoms with E-state index in [9.17, 15) is 4.79 Å². The number of aryl methyl sites for hydroxylation is 1. The molecule has 0 aromatic carbocycles. The van der Waals surface area contributed by atoms with Crippen LogP contribution in [0.1, 0.15) is 22.5 Å². The van der Waals surface area contributed by atoms with Crippen molar-refractivity contribution in [2.24, 2.45) is 0 Å². The lowest BCUT2D eigenvalue weighted by Crippen LogP contribution is -2.40. The number of rotatable bonds is 5. The van der Waals surface area contributed by atoms with Crippen LogP contribution in [-0.4, -0.2) is 53.2 Å². The largest absolute Gasteiger partial charge is 0.380 e. The van der Waals surface area contributed by atoms with Crippen molar-refractivity contribution in [3.05, 3.63) is 42.1 Å². The Hall–Kier alpha value is -2.41. The number of anilines is 1. The van der Waals surface area contributed by atoms with Crippen LogP contribution in [-0.2, 0) is 4.74 Å². The molecule has 3 rings (SSSR count). The Morgan fingerprint density at radius 2 is 2.39 bits per heavy atom. The minimum absolute atomic E-state index is 0.0778. The number of nitrogens with zero attached hydrogens (tertiary/aromatic N) is 3. The third-order valence-electron chi connectivity index (χ3n) is 4.15. The lowest BCUT2D eigenvalue weighted by atomic mass is 10.2. The number of aromatic amines is 1. The van der Waals surface area contributed by atoms with Gasteiger partial charge in [0.2, 0.25) is 0 Å². The maximum Gasteiger partial charge on any atom is 0.252 e. The second-order valence-electron chi connectivity index (χ2n) is 5.73. The topological polar surface area (TPSA) is 83.1 Å². The van der Waals surface area contributed by atoms with Crippen LogP contribution < -0.4 is 10.2 Å². The highest BCUT2D eigenvalue weighted by Crippen LogP contribution is 2.25. The number of carbonyl (C=O) groups is 1. The van der Waals surface area contributed by atoms with Crippen molar-refractivity contribution in [3.63, 3.8) is 0 Å². The summed E-state index contributed by atoms with van der Waals surface area (Å²) < 4.78 is 5.50. The number of methoxy groups -OCH3 is 1. The van der Waals surface area contributed by atoms with Gasteiger partial charge < -0.3 is 19.9 Å². The SMILES string of the molecule is CO[C@H]1C[C@@H](CNC(=O)c2cc[nH]c2)N(c2cc(C)ncn2)C1. The molecule has 0 spiro atoms. The van der Waals surface area contributed by atoms with Crippen LogP contribution in [0.5, 0.6) is 0 Å². The van der Waals surface area contributed by atoms with Gasteiger partial charge in [0.25, 0.3) is 5.91 Å². The van der Waals surface area contributed by atoms with Gasteiger partial charge in [-0.3, -0.25) is 4.79 Å². The van der Waals surface area contributed by atoms with Gasteiger partial charge in [-0.25, -0.2) is 9.97 Å². The van der Waals surface area contributed by atoms with E-state index in [0.29, 0.717) is 12.1 Å². The van der Waals surface area contributed by atoms with Gasteiger partial charge in [0.05, 0.1) is 17.7 Å². The molecular weight excluding hydrogens is 294 g/mol. The molecule has 23 heavy (non-hydrogen) atoms. The summed E-state index contributed by atoms with van der Waals surface area (Å²) in [6, 6.07) is 3.86. The number of hydrogen-bond donors (Lipinski definition) is 2. The van der Waals surface area contributed by atoms with Crippen molar-refractivity contribution >= 4 is 11.7 Å². The zero-order valence-corrected chi connectivity index (χ0v) is 13.3. The van der Waals surface area contributed by atoms with E-state index in [2.05, 4.69) is 25.2 Å². The third kappa shape index (κ3) is 3.50. The Labute approximate surface area is 135 Å². The highest BCUT2D eigenvalue weighted by Gasteiger charge is 2.33. The van der Waals surface area contributed by atoms with Crippen molar-refractivity contribution in [3.8, 4) is 0 Å². The number of carbonyl (C=O) groups excluding carboxylic acids is 1. The molecular formula is C16H21N5O2. The summed E-state index contributed by atoms with van der Waals surface area (Å²) >= 11 is 0. The van der Waals surface area contributed by atoms with Gasteiger partial charge in [-0.1, -0.05) is 0 Å². The van der Waals surface area contributed by atoms with Gasteiger partial charge >= 0.3 is 0 Å². The monoisotopic (exact) mass is 315 g/mol. The van der Waals surface area contributed by atoms with Gasteiger partial charge in [-0.15, -0.1) is 0 Å². The van der Waals surface area contributed by atoms with Crippen LogP contribution >= 0.6 is 0 Å². The molecule has 2 atom stereocenters. The summed E-state index contributed by atoms with van der Waals surface area (Å²) in [5.74, 6) is 0.795. The van der Waals surface area contributed by atoms with Crippen LogP contribution in [0.15, 0.2) is 30.9 Å². The number of nitrogens with one attached hydrogen (secondary N) is 2. The van der Waals surface area contributed by atoms with E-state index in [1.807, 2.05) is 13.0 Å². The Bertz CT molecular complexity index is 658. The first-order chi connectivity index (χ1) is 11.2. The molecule has 1 saturated heterocycles. The van der Waals surface area contributed by atoms with E-state index >= 15 is 0 Å². The van der Waals surface area contributed by atoms with Gasteiger partial charge in [-0.05, 0) is 19.4 Å². The Kier molecular flexibility index (Phi) is 4.57. The minimum atomic E-state index is -0.0778. The summed E-state index contributed by atoms with van der Waals surface area (Å²) in [6.07, 6.45) is 5.99. The first-order valence-electron chi connectivity index (χ1n) is 7.66. The number of H-pyrrole nitrogens is 1. The maximum absolute atomic E-state index is 12.1. The molecule has 0 unspecified atom stereocenters. The maximum atomic E-state index is 12.1. The number of hydrogen-bond acceptors (Lipinski definition) is 5. The zero-order valence-electron chi connectivity index (χ0n) is 13.3. The smallest absolute Gasteiger partial charge is 0.252 e. The summed E-state index contributed by atoms with van der Waals surface area (Å²) in [5.41, 5.74) is 1.56. The third-order valence-corrected chi connectivity index (χ3v) is 4.15. The minimum Gasteiger partial charge on any atom is -0.380 e. The standard InChI is InChI=1S/C16H21N5O2/c1-11-5-15(20-10-19-11)21-9-14(23-2)6-13(21)8-18-16(22)12-3-4-17-7-12/h3-5,7,10,13-14,17H,6,8-9H2,1-2H3,(H,18,22)/t13-,14-/m0/s1. The molecule has 0 aliphatic carbocycles. The van der Waals surface area contributed by atoms with E-state index in [-0.39, 0.29) is 18.1 Å². The average molecular weight is 315 g/mol. The fourth-order valence-electron chi connectivity index (χ4n) is 2.89. The second-order valence-corrected chi connectivity index (χ2v) is 5.73. The lowest BCUT2D eigenvalue weighted by Gasteiger charge is -2.25. The van der Waals surface area contributed by atoms with E-state index in [0.717, 1.165) is 24.5 Å². The molecule has 0 saturated carbocycles. The number of ether oxygens (including phenoxy) is 1. The van der Waals surface area contributed by atoms with Gasteiger partial charge in [0.1, 0.15) is 12.1 Å². The molecule has 2 aromatic heterocycles. The summed E-state index contributed by atoms with van der Waals surface area (Å²) in [4.78, 5) is 25.7. The number of aromatic nitrogens is 3. The van der Waals surface area contributed by atoms with Crippen LogP contribution in [0, 0.1) is 6.92 Å². The quantitative estimate of drug-likeness (QED) is 0.864. The molecule has 0 radical (unpaired) electrons. The van der Waals surface area contributed by atoms with Gasteiger partial charge in [0.15, 0.2) is 0 Å². The molecule has 1 aliphatic heterocycles. The highest BCUT2D eigenvalue weighted by atomic mass is 16.5. The Balaban J connectivity index is 1.69. The van der Waals surface area contributed by atoms with Crippen LogP contribution in [0.2, 0.25) is 0 Å². The van der Waals surface area contributed by atoms with Crippen LogP contribution in [0.3, 0.4) is 0 Å². The summed E-state index contributed by atoms with van der Waals surface area (Å²) in [5, 5.41) is 2.99. The predicted octanol–water partition coefficient (Wildman–Crippen LogP) is 1.14. The Morgan fingerprint density at radius 3 is 3.09 bits per heavy atom. The fourth-order valence-corrected chi connectivity index (χ4v) is 2.89. The molecule has 7 nitrogen and oxygen atoms in total. The normalized spacial score (nSPS) is 20.7.